The summed E-state index contributed by atoms with van der Waals surface area (Å²) < 4.78 is 5.23. The van der Waals surface area contributed by atoms with Gasteiger partial charge in [-0.3, -0.25) is 9.59 Å². The van der Waals surface area contributed by atoms with E-state index in [0.717, 1.165) is 12.8 Å². The summed E-state index contributed by atoms with van der Waals surface area (Å²) in [5, 5.41) is 2.80. The summed E-state index contributed by atoms with van der Waals surface area (Å²) in [6.45, 7) is 3.05. The van der Waals surface area contributed by atoms with Gasteiger partial charge in [-0.15, -0.1) is 11.8 Å². The lowest BCUT2D eigenvalue weighted by atomic mass is 10.2. The summed E-state index contributed by atoms with van der Waals surface area (Å²) in [6.07, 6.45) is 1.13. The number of amides is 1. The number of rotatable bonds is 7. The number of esters is 1. The molecule has 118 valence electrons. The van der Waals surface area contributed by atoms with Crippen molar-refractivity contribution < 1.29 is 19.1 Å². The first kappa shape index (κ1) is 16.5. The highest BCUT2D eigenvalue weighted by Gasteiger charge is 2.27. The van der Waals surface area contributed by atoms with Crippen LogP contribution in [0.2, 0.25) is 0 Å². The normalized spacial score (nSPS) is 15.0. The summed E-state index contributed by atoms with van der Waals surface area (Å²) in [7, 11) is 0. The molecule has 1 aromatic carbocycles. The van der Waals surface area contributed by atoms with Gasteiger partial charge in [-0.1, -0.05) is 12.1 Å². The van der Waals surface area contributed by atoms with Gasteiger partial charge in [0.2, 0.25) is 0 Å². The number of nitrogens with one attached hydrogen (secondary N) is 1. The Morgan fingerprint density at radius 3 is 2.64 bits per heavy atom. The predicted molar refractivity (Wildman–Crippen MR) is 83.9 cm³/mol. The van der Waals surface area contributed by atoms with Gasteiger partial charge < -0.3 is 10.1 Å². The van der Waals surface area contributed by atoms with Crippen LogP contribution in [0.5, 0.6) is 0 Å². The molecule has 0 heterocycles. The molecule has 1 aliphatic rings. The second-order valence-corrected chi connectivity index (χ2v) is 6.33. The van der Waals surface area contributed by atoms with Crippen LogP contribution in [0.3, 0.4) is 0 Å². The fourth-order valence-electron chi connectivity index (χ4n) is 1.76. The number of carbonyl (C=O) groups is 3. The van der Waals surface area contributed by atoms with Crippen LogP contribution in [0.15, 0.2) is 29.2 Å². The minimum Gasteiger partial charge on any atom is -0.449 e. The van der Waals surface area contributed by atoms with E-state index in [-0.39, 0.29) is 17.7 Å². The SMILES string of the molecule is CC(=O)CSc1ccccc1C(=O)O[C@@H](C)C(=O)NC1CC1. The number of hydrogen-bond acceptors (Lipinski definition) is 5. The Labute approximate surface area is 133 Å². The molecule has 0 aliphatic heterocycles. The first-order valence-corrected chi connectivity index (χ1v) is 8.18. The van der Waals surface area contributed by atoms with Crippen molar-refractivity contribution in [2.24, 2.45) is 0 Å². The molecule has 1 aliphatic carbocycles. The number of Topliss-reactive ketones (excluding diaryl/α,β-unsaturated/α-hetero) is 1. The largest absolute Gasteiger partial charge is 0.449 e. The Bertz CT molecular complexity index is 583. The highest BCUT2D eigenvalue weighted by molar-refractivity contribution is 8.00. The third-order valence-electron chi connectivity index (χ3n) is 3.11. The van der Waals surface area contributed by atoms with Gasteiger partial charge in [0.15, 0.2) is 6.10 Å². The number of carbonyl (C=O) groups excluding carboxylic acids is 3. The minimum atomic E-state index is -0.834. The Morgan fingerprint density at radius 2 is 2.00 bits per heavy atom. The van der Waals surface area contributed by atoms with Gasteiger partial charge >= 0.3 is 5.97 Å². The zero-order chi connectivity index (χ0) is 16.1. The molecule has 1 fully saturated rings. The van der Waals surface area contributed by atoms with E-state index < -0.39 is 12.1 Å². The second-order valence-electron chi connectivity index (χ2n) is 5.32. The summed E-state index contributed by atoms with van der Waals surface area (Å²) in [6, 6.07) is 7.15. The average molecular weight is 321 g/mol. The number of ether oxygens (including phenoxy) is 1. The van der Waals surface area contributed by atoms with Crippen molar-refractivity contribution in [2.75, 3.05) is 5.75 Å². The van der Waals surface area contributed by atoms with Crippen molar-refractivity contribution in [3.05, 3.63) is 29.8 Å². The summed E-state index contributed by atoms with van der Waals surface area (Å²) >= 11 is 1.29. The quantitative estimate of drug-likeness (QED) is 0.615. The molecule has 1 aromatic rings. The second kappa shape index (κ2) is 7.45. The molecule has 1 atom stereocenters. The van der Waals surface area contributed by atoms with E-state index in [1.165, 1.54) is 18.7 Å². The topological polar surface area (TPSA) is 72.5 Å². The van der Waals surface area contributed by atoms with Crippen molar-refractivity contribution in [3.8, 4) is 0 Å². The number of ketones is 1. The smallest absolute Gasteiger partial charge is 0.340 e. The monoisotopic (exact) mass is 321 g/mol. The third kappa shape index (κ3) is 4.87. The minimum absolute atomic E-state index is 0.0327. The van der Waals surface area contributed by atoms with E-state index in [9.17, 15) is 14.4 Å². The molecule has 0 radical (unpaired) electrons. The van der Waals surface area contributed by atoms with Crippen LogP contribution in [0.4, 0.5) is 0 Å². The molecular weight excluding hydrogens is 302 g/mol. The van der Waals surface area contributed by atoms with E-state index in [2.05, 4.69) is 5.32 Å². The standard InChI is InChI=1S/C16H19NO4S/c1-10(18)9-22-14-6-4-3-5-13(14)16(20)21-11(2)15(19)17-12-7-8-12/h3-6,11-12H,7-9H2,1-2H3,(H,17,19)/t11-/m0/s1. The van der Waals surface area contributed by atoms with Gasteiger partial charge in [0.1, 0.15) is 5.78 Å². The Morgan fingerprint density at radius 1 is 1.32 bits per heavy atom. The van der Waals surface area contributed by atoms with Crippen LogP contribution in [-0.2, 0) is 14.3 Å². The van der Waals surface area contributed by atoms with Crippen LogP contribution in [0, 0.1) is 0 Å². The molecule has 0 spiro atoms. The molecule has 0 saturated heterocycles. The molecule has 5 nitrogen and oxygen atoms in total. The zero-order valence-corrected chi connectivity index (χ0v) is 13.4. The molecule has 0 aromatic heterocycles. The van der Waals surface area contributed by atoms with Gasteiger partial charge in [0, 0.05) is 10.9 Å². The van der Waals surface area contributed by atoms with Gasteiger partial charge in [0.25, 0.3) is 5.91 Å². The first-order valence-electron chi connectivity index (χ1n) is 7.20. The Kier molecular flexibility index (Phi) is 5.60. The molecule has 22 heavy (non-hydrogen) atoms. The van der Waals surface area contributed by atoms with Gasteiger partial charge in [-0.25, -0.2) is 4.79 Å². The fraction of sp³-hybridized carbons (Fsp3) is 0.438. The molecule has 1 N–H and O–H groups in total. The van der Waals surface area contributed by atoms with Crippen LogP contribution in [-0.4, -0.2) is 35.6 Å². The van der Waals surface area contributed by atoms with Crippen LogP contribution in [0.25, 0.3) is 0 Å². The van der Waals surface area contributed by atoms with E-state index in [0.29, 0.717) is 16.2 Å². The zero-order valence-electron chi connectivity index (χ0n) is 12.6. The van der Waals surface area contributed by atoms with Crippen molar-refractivity contribution in [2.45, 2.75) is 43.7 Å². The third-order valence-corrected chi connectivity index (χ3v) is 4.33. The Hall–Kier alpha value is -1.82. The molecule has 1 saturated carbocycles. The lowest BCUT2D eigenvalue weighted by Crippen LogP contribution is -2.37. The fourth-order valence-corrected chi connectivity index (χ4v) is 2.60. The number of thioether (sulfide) groups is 1. The van der Waals surface area contributed by atoms with Gasteiger partial charge in [-0.2, -0.15) is 0 Å². The van der Waals surface area contributed by atoms with Crippen LogP contribution < -0.4 is 5.32 Å². The maximum atomic E-state index is 12.2. The van der Waals surface area contributed by atoms with Crippen molar-refractivity contribution >= 4 is 29.4 Å². The average Bonchev–Trinajstić information content (AvgIpc) is 3.29. The summed E-state index contributed by atoms with van der Waals surface area (Å²) in [4.78, 5) is 35.8. The molecule has 0 unspecified atom stereocenters. The molecule has 6 heteroatoms. The maximum Gasteiger partial charge on any atom is 0.340 e. The molecular formula is C16H19NO4S. The summed E-state index contributed by atoms with van der Waals surface area (Å²) in [5.41, 5.74) is 0.375. The highest BCUT2D eigenvalue weighted by Crippen LogP contribution is 2.24. The molecule has 2 rings (SSSR count). The van der Waals surface area contributed by atoms with E-state index in [1.807, 2.05) is 0 Å². The summed E-state index contributed by atoms with van der Waals surface area (Å²) in [5.74, 6) is -0.498. The van der Waals surface area contributed by atoms with E-state index in [4.69, 9.17) is 4.74 Å². The molecule has 0 bridgehead atoms. The lowest BCUT2D eigenvalue weighted by Gasteiger charge is -2.14. The first-order chi connectivity index (χ1) is 10.5. The van der Waals surface area contributed by atoms with Crippen LogP contribution in [0.1, 0.15) is 37.0 Å². The van der Waals surface area contributed by atoms with Gasteiger partial charge in [-0.05, 0) is 38.8 Å². The molecule has 1 amide bonds. The number of hydrogen-bond donors (Lipinski definition) is 1. The maximum absolute atomic E-state index is 12.2. The lowest BCUT2D eigenvalue weighted by molar-refractivity contribution is -0.129. The van der Waals surface area contributed by atoms with Crippen molar-refractivity contribution in [3.63, 3.8) is 0 Å². The van der Waals surface area contributed by atoms with E-state index >= 15 is 0 Å². The predicted octanol–water partition coefficient (Wildman–Crippen LogP) is 2.19. The van der Waals surface area contributed by atoms with E-state index in [1.54, 1.807) is 31.2 Å². The van der Waals surface area contributed by atoms with Crippen molar-refractivity contribution in [1.82, 2.24) is 5.32 Å². The van der Waals surface area contributed by atoms with Crippen LogP contribution >= 0.6 is 11.8 Å². The highest BCUT2D eigenvalue weighted by atomic mass is 32.2. The number of benzene rings is 1. The van der Waals surface area contributed by atoms with Gasteiger partial charge in [0.05, 0.1) is 11.3 Å². The Balaban J connectivity index is 1.98. The van der Waals surface area contributed by atoms with Crippen molar-refractivity contribution in [1.29, 1.82) is 0 Å².